The highest BCUT2D eigenvalue weighted by atomic mass is 16.5. The van der Waals surface area contributed by atoms with Gasteiger partial charge >= 0.3 is 0 Å². The third kappa shape index (κ3) is 4.87. The van der Waals surface area contributed by atoms with E-state index < -0.39 is 0 Å². The Morgan fingerprint density at radius 1 is 1.17 bits per heavy atom. The molecule has 18 heavy (non-hydrogen) atoms. The van der Waals surface area contributed by atoms with Gasteiger partial charge in [-0.1, -0.05) is 6.92 Å². The number of piperidine rings is 1. The molecule has 0 radical (unpaired) electrons. The molecule has 1 unspecified atom stereocenters. The maximum absolute atomic E-state index is 5.45. The summed E-state index contributed by atoms with van der Waals surface area (Å²) < 4.78 is 5.45. The molecule has 0 saturated carbocycles. The van der Waals surface area contributed by atoms with Crippen LogP contribution in [-0.2, 0) is 4.74 Å². The summed E-state index contributed by atoms with van der Waals surface area (Å²) in [6.45, 7) is 10.6. The quantitative estimate of drug-likeness (QED) is 0.735. The first kappa shape index (κ1) is 14.3. The molecule has 1 N–H and O–H groups in total. The van der Waals surface area contributed by atoms with E-state index in [1.165, 1.54) is 64.8 Å². The van der Waals surface area contributed by atoms with E-state index in [-0.39, 0.29) is 0 Å². The number of likely N-dealkylation sites (tertiary alicyclic amines) is 1. The number of ether oxygens (including phenoxy) is 1. The van der Waals surface area contributed by atoms with Crippen LogP contribution in [0.2, 0.25) is 0 Å². The first-order valence-corrected chi connectivity index (χ1v) is 7.89. The molecule has 0 aromatic rings. The van der Waals surface area contributed by atoms with Crippen molar-refractivity contribution in [1.29, 1.82) is 0 Å². The fraction of sp³-hybridized carbons (Fsp3) is 1.00. The van der Waals surface area contributed by atoms with Crippen molar-refractivity contribution < 1.29 is 4.74 Å². The van der Waals surface area contributed by atoms with Crippen LogP contribution in [0.25, 0.3) is 0 Å². The van der Waals surface area contributed by atoms with Crippen LogP contribution in [0.3, 0.4) is 0 Å². The van der Waals surface area contributed by atoms with Crippen LogP contribution in [0, 0.1) is 11.8 Å². The Hall–Kier alpha value is -0.120. The van der Waals surface area contributed by atoms with Gasteiger partial charge in [-0.3, -0.25) is 0 Å². The smallest absolute Gasteiger partial charge is 0.0469 e. The number of hydrogen-bond donors (Lipinski definition) is 1. The summed E-state index contributed by atoms with van der Waals surface area (Å²) >= 11 is 0. The second-order valence-corrected chi connectivity index (χ2v) is 6.03. The van der Waals surface area contributed by atoms with Gasteiger partial charge < -0.3 is 15.0 Å². The van der Waals surface area contributed by atoms with E-state index in [0.29, 0.717) is 0 Å². The second kappa shape index (κ2) is 8.13. The highest BCUT2D eigenvalue weighted by Crippen LogP contribution is 2.21. The van der Waals surface area contributed by atoms with Crippen molar-refractivity contribution in [2.24, 2.45) is 11.8 Å². The molecule has 2 aliphatic rings. The molecule has 3 heteroatoms. The number of hydrogen-bond acceptors (Lipinski definition) is 3. The van der Waals surface area contributed by atoms with Crippen molar-refractivity contribution in [3.63, 3.8) is 0 Å². The molecule has 3 nitrogen and oxygen atoms in total. The summed E-state index contributed by atoms with van der Waals surface area (Å²) in [5, 5.41) is 3.58. The van der Waals surface area contributed by atoms with E-state index in [1.807, 2.05) is 0 Å². The van der Waals surface area contributed by atoms with Crippen molar-refractivity contribution in [3.8, 4) is 0 Å². The largest absolute Gasteiger partial charge is 0.381 e. The number of rotatable bonds is 6. The predicted molar refractivity (Wildman–Crippen MR) is 75.9 cm³/mol. The minimum Gasteiger partial charge on any atom is -0.381 e. The predicted octanol–water partition coefficient (Wildman–Crippen LogP) is 2.12. The minimum atomic E-state index is 0.880. The van der Waals surface area contributed by atoms with Crippen LogP contribution >= 0.6 is 0 Å². The molecule has 2 saturated heterocycles. The molecule has 0 aliphatic carbocycles. The summed E-state index contributed by atoms with van der Waals surface area (Å²) in [6.07, 6.45) is 6.60. The Morgan fingerprint density at radius 3 is 2.78 bits per heavy atom. The summed E-state index contributed by atoms with van der Waals surface area (Å²) in [6, 6.07) is 0. The zero-order valence-corrected chi connectivity index (χ0v) is 12.0. The summed E-state index contributed by atoms with van der Waals surface area (Å²) in [7, 11) is 0. The second-order valence-electron chi connectivity index (χ2n) is 6.03. The van der Waals surface area contributed by atoms with E-state index >= 15 is 0 Å². The maximum Gasteiger partial charge on any atom is 0.0469 e. The van der Waals surface area contributed by atoms with Crippen LogP contribution in [-0.4, -0.2) is 50.8 Å². The number of nitrogens with zero attached hydrogens (tertiary/aromatic N) is 1. The lowest BCUT2D eigenvalue weighted by Crippen LogP contribution is -2.42. The lowest BCUT2D eigenvalue weighted by Gasteiger charge is -2.36. The molecule has 0 aromatic carbocycles. The third-order valence-corrected chi connectivity index (χ3v) is 4.32. The highest BCUT2D eigenvalue weighted by molar-refractivity contribution is 4.77. The van der Waals surface area contributed by atoms with Gasteiger partial charge in [0.15, 0.2) is 0 Å². The van der Waals surface area contributed by atoms with Gasteiger partial charge in [0.25, 0.3) is 0 Å². The van der Waals surface area contributed by atoms with Gasteiger partial charge in [0.05, 0.1) is 0 Å². The molecule has 2 rings (SSSR count). The van der Waals surface area contributed by atoms with E-state index in [1.54, 1.807) is 0 Å². The van der Waals surface area contributed by atoms with Gasteiger partial charge in [-0.2, -0.15) is 0 Å². The van der Waals surface area contributed by atoms with Gasteiger partial charge in [-0.25, -0.2) is 0 Å². The Kier molecular flexibility index (Phi) is 6.46. The minimum absolute atomic E-state index is 0.880. The molecule has 0 amide bonds. The first-order valence-electron chi connectivity index (χ1n) is 7.89. The molecule has 0 aromatic heterocycles. The SMILES string of the molecule is CCCNCC1CCCN(CC2CCOCC2)C1. The molecule has 0 spiro atoms. The van der Waals surface area contributed by atoms with Crippen LogP contribution in [0.4, 0.5) is 0 Å². The van der Waals surface area contributed by atoms with Gasteiger partial charge in [-0.15, -0.1) is 0 Å². The Labute approximate surface area is 112 Å². The van der Waals surface area contributed by atoms with Crippen molar-refractivity contribution in [2.75, 3.05) is 45.9 Å². The van der Waals surface area contributed by atoms with Crippen LogP contribution in [0.15, 0.2) is 0 Å². The lowest BCUT2D eigenvalue weighted by molar-refractivity contribution is 0.0452. The summed E-state index contributed by atoms with van der Waals surface area (Å²) in [4.78, 5) is 2.71. The summed E-state index contributed by atoms with van der Waals surface area (Å²) in [5.74, 6) is 1.77. The zero-order valence-electron chi connectivity index (χ0n) is 12.0. The van der Waals surface area contributed by atoms with E-state index in [4.69, 9.17) is 4.74 Å². The first-order chi connectivity index (χ1) is 8.88. The number of nitrogens with one attached hydrogen (secondary N) is 1. The fourth-order valence-electron chi connectivity index (χ4n) is 3.26. The Balaban J connectivity index is 1.65. The monoisotopic (exact) mass is 254 g/mol. The lowest BCUT2D eigenvalue weighted by atomic mass is 9.94. The van der Waals surface area contributed by atoms with E-state index in [9.17, 15) is 0 Å². The zero-order chi connectivity index (χ0) is 12.6. The molecule has 2 fully saturated rings. The average molecular weight is 254 g/mol. The van der Waals surface area contributed by atoms with Gasteiger partial charge in [0.2, 0.25) is 0 Å². The van der Waals surface area contributed by atoms with E-state index in [2.05, 4.69) is 17.1 Å². The van der Waals surface area contributed by atoms with Gasteiger partial charge in [-0.05, 0) is 63.6 Å². The molecule has 0 bridgehead atoms. The molecule has 2 heterocycles. The van der Waals surface area contributed by atoms with Crippen LogP contribution in [0.5, 0.6) is 0 Å². The van der Waals surface area contributed by atoms with Crippen molar-refractivity contribution in [3.05, 3.63) is 0 Å². The molecule has 1 atom stereocenters. The Morgan fingerprint density at radius 2 is 2.00 bits per heavy atom. The highest BCUT2D eigenvalue weighted by Gasteiger charge is 2.23. The topological polar surface area (TPSA) is 24.5 Å². The average Bonchev–Trinajstić information content (AvgIpc) is 2.41. The Bertz CT molecular complexity index is 217. The van der Waals surface area contributed by atoms with Crippen molar-refractivity contribution in [1.82, 2.24) is 10.2 Å². The molecular weight excluding hydrogens is 224 g/mol. The fourth-order valence-corrected chi connectivity index (χ4v) is 3.26. The summed E-state index contributed by atoms with van der Waals surface area (Å²) in [5.41, 5.74) is 0. The van der Waals surface area contributed by atoms with Gasteiger partial charge in [0, 0.05) is 26.3 Å². The van der Waals surface area contributed by atoms with Crippen LogP contribution < -0.4 is 5.32 Å². The molecule has 106 valence electrons. The third-order valence-electron chi connectivity index (χ3n) is 4.32. The standard InChI is InChI=1S/C15H30N2O/c1-2-7-16-11-15-4-3-8-17(13-15)12-14-5-9-18-10-6-14/h14-16H,2-13H2,1H3. The molecular formula is C15H30N2O. The van der Waals surface area contributed by atoms with Gasteiger partial charge in [0.1, 0.15) is 0 Å². The maximum atomic E-state index is 5.45. The van der Waals surface area contributed by atoms with Crippen molar-refractivity contribution in [2.45, 2.75) is 39.0 Å². The normalized spacial score (nSPS) is 27.5. The van der Waals surface area contributed by atoms with Crippen LogP contribution in [0.1, 0.15) is 39.0 Å². The van der Waals surface area contributed by atoms with Crippen molar-refractivity contribution >= 4 is 0 Å². The van der Waals surface area contributed by atoms with E-state index in [0.717, 1.165) is 25.0 Å². The molecule has 2 aliphatic heterocycles.